The SMILES string of the molecule is C=CC.c1ccc(-c2ccc(Nc3ccc(-c4ccccc4)cc3)cc2)cc1. The Labute approximate surface area is 168 Å². The molecule has 1 nitrogen and oxygen atoms in total. The normalized spacial score (nSPS) is 9.75. The summed E-state index contributed by atoms with van der Waals surface area (Å²) >= 11 is 0. The molecule has 28 heavy (non-hydrogen) atoms. The predicted molar refractivity (Wildman–Crippen MR) is 123 cm³/mol. The second kappa shape index (κ2) is 9.94. The third-order valence-corrected chi connectivity index (χ3v) is 4.27. The molecule has 0 spiro atoms. The number of rotatable bonds is 4. The Morgan fingerprint density at radius 3 is 1.11 bits per heavy atom. The minimum atomic E-state index is 1.09. The van der Waals surface area contributed by atoms with E-state index in [4.69, 9.17) is 0 Å². The minimum Gasteiger partial charge on any atom is -0.356 e. The molecule has 0 aliphatic heterocycles. The maximum atomic E-state index is 3.46. The number of hydrogen-bond donors (Lipinski definition) is 1. The first kappa shape index (κ1) is 19.2. The molecule has 4 rings (SSSR count). The van der Waals surface area contributed by atoms with Crippen LogP contribution in [-0.2, 0) is 0 Å². The number of benzene rings is 4. The van der Waals surface area contributed by atoms with Crippen LogP contribution in [0.25, 0.3) is 22.3 Å². The standard InChI is InChI=1S/C24H19N.C3H6/c1-3-7-19(8-4-1)21-11-15-23(16-12-21)25-24-17-13-22(14-18-24)20-9-5-2-6-10-20;1-3-2/h1-18,25H;3H,1H2,2H3. The summed E-state index contributed by atoms with van der Waals surface area (Å²) in [5.41, 5.74) is 7.11. The molecule has 0 radical (unpaired) electrons. The quantitative estimate of drug-likeness (QED) is 0.363. The Hall–Kier alpha value is -3.58. The topological polar surface area (TPSA) is 12.0 Å². The van der Waals surface area contributed by atoms with Crippen molar-refractivity contribution in [1.29, 1.82) is 0 Å². The zero-order valence-corrected chi connectivity index (χ0v) is 16.2. The molecule has 0 fully saturated rings. The molecular weight excluding hydrogens is 338 g/mol. The number of anilines is 2. The van der Waals surface area contributed by atoms with E-state index in [1.165, 1.54) is 22.3 Å². The summed E-state index contributed by atoms with van der Waals surface area (Å²) in [5, 5.41) is 3.46. The van der Waals surface area contributed by atoms with Gasteiger partial charge in [-0.3, -0.25) is 0 Å². The zero-order chi connectivity index (χ0) is 19.6. The van der Waals surface area contributed by atoms with Gasteiger partial charge in [0.25, 0.3) is 0 Å². The largest absolute Gasteiger partial charge is 0.356 e. The fourth-order valence-electron chi connectivity index (χ4n) is 2.92. The fraction of sp³-hybridized carbons (Fsp3) is 0.0370. The molecule has 0 aromatic heterocycles. The van der Waals surface area contributed by atoms with Gasteiger partial charge in [-0.15, -0.1) is 6.58 Å². The number of hydrogen-bond acceptors (Lipinski definition) is 1. The molecule has 0 saturated heterocycles. The molecule has 0 atom stereocenters. The van der Waals surface area contributed by atoms with E-state index in [-0.39, 0.29) is 0 Å². The molecular formula is C27H25N. The van der Waals surface area contributed by atoms with Gasteiger partial charge < -0.3 is 5.32 Å². The monoisotopic (exact) mass is 363 g/mol. The molecule has 0 unspecified atom stereocenters. The predicted octanol–water partition coefficient (Wildman–Crippen LogP) is 7.96. The van der Waals surface area contributed by atoms with Gasteiger partial charge in [-0.2, -0.15) is 0 Å². The maximum Gasteiger partial charge on any atom is 0.0384 e. The second-order valence-electron chi connectivity index (χ2n) is 6.42. The Kier molecular flexibility index (Phi) is 6.81. The van der Waals surface area contributed by atoms with Gasteiger partial charge in [0.15, 0.2) is 0 Å². The van der Waals surface area contributed by atoms with Crippen molar-refractivity contribution in [3.63, 3.8) is 0 Å². The average Bonchev–Trinajstić information content (AvgIpc) is 2.77. The summed E-state index contributed by atoms with van der Waals surface area (Å²) in [7, 11) is 0. The molecule has 0 heterocycles. The lowest BCUT2D eigenvalue weighted by Crippen LogP contribution is -1.90. The van der Waals surface area contributed by atoms with Gasteiger partial charge in [-0.25, -0.2) is 0 Å². The molecule has 138 valence electrons. The van der Waals surface area contributed by atoms with Gasteiger partial charge in [0.2, 0.25) is 0 Å². The average molecular weight is 364 g/mol. The summed E-state index contributed by atoms with van der Waals surface area (Å²) in [6.07, 6.45) is 1.75. The van der Waals surface area contributed by atoms with Crippen LogP contribution in [0.4, 0.5) is 11.4 Å². The van der Waals surface area contributed by atoms with Gasteiger partial charge in [0.1, 0.15) is 0 Å². The van der Waals surface area contributed by atoms with Gasteiger partial charge in [-0.1, -0.05) is 91.0 Å². The molecule has 1 heteroatoms. The molecule has 0 amide bonds. The summed E-state index contributed by atoms with van der Waals surface area (Å²) in [6, 6.07) is 37.9. The van der Waals surface area contributed by atoms with E-state index in [2.05, 4.69) is 109 Å². The van der Waals surface area contributed by atoms with Crippen LogP contribution in [-0.4, -0.2) is 0 Å². The van der Waals surface area contributed by atoms with Crippen molar-refractivity contribution in [2.75, 3.05) is 5.32 Å². The van der Waals surface area contributed by atoms with Gasteiger partial charge in [-0.05, 0) is 53.4 Å². The van der Waals surface area contributed by atoms with Gasteiger partial charge >= 0.3 is 0 Å². The van der Waals surface area contributed by atoms with Crippen LogP contribution in [0, 0.1) is 0 Å². The van der Waals surface area contributed by atoms with Crippen molar-refractivity contribution in [3.05, 3.63) is 122 Å². The van der Waals surface area contributed by atoms with E-state index in [0.717, 1.165) is 11.4 Å². The second-order valence-corrected chi connectivity index (χ2v) is 6.42. The van der Waals surface area contributed by atoms with E-state index in [1.807, 2.05) is 19.1 Å². The van der Waals surface area contributed by atoms with Crippen molar-refractivity contribution in [3.8, 4) is 22.3 Å². The minimum absolute atomic E-state index is 1.09. The first-order valence-corrected chi connectivity index (χ1v) is 9.45. The Morgan fingerprint density at radius 2 is 0.786 bits per heavy atom. The lowest BCUT2D eigenvalue weighted by molar-refractivity contribution is 1.53. The highest BCUT2D eigenvalue weighted by atomic mass is 14.9. The first-order valence-electron chi connectivity index (χ1n) is 9.45. The van der Waals surface area contributed by atoms with Crippen LogP contribution < -0.4 is 5.32 Å². The lowest BCUT2D eigenvalue weighted by atomic mass is 10.0. The molecule has 0 aliphatic rings. The van der Waals surface area contributed by atoms with Crippen molar-refractivity contribution in [1.82, 2.24) is 0 Å². The van der Waals surface area contributed by atoms with Crippen molar-refractivity contribution >= 4 is 11.4 Å². The highest BCUT2D eigenvalue weighted by molar-refractivity contribution is 5.70. The molecule has 0 bridgehead atoms. The van der Waals surface area contributed by atoms with Crippen molar-refractivity contribution in [2.24, 2.45) is 0 Å². The van der Waals surface area contributed by atoms with Crippen molar-refractivity contribution in [2.45, 2.75) is 6.92 Å². The summed E-state index contributed by atoms with van der Waals surface area (Å²) < 4.78 is 0. The molecule has 0 saturated carbocycles. The highest BCUT2D eigenvalue weighted by Crippen LogP contribution is 2.25. The van der Waals surface area contributed by atoms with E-state index < -0.39 is 0 Å². The maximum absolute atomic E-state index is 3.46. The van der Waals surface area contributed by atoms with Crippen LogP contribution in [0.1, 0.15) is 6.92 Å². The number of nitrogens with one attached hydrogen (secondary N) is 1. The van der Waals surface area contributed by atoms with Crippen LogP contribution in [0.2, 0.25) is 0 Å². The van der Waals surface area contributed by atoms with Gasteiger partial charge in [0, 0.05) is 11.4 Å². The van der Waals surface area contributed by atoms with Crippen molar-refractivity contribution < 1.29 is 0 Å². The van der Waals surface area contributed by atoms with E-state index in [9.17, 15) is 0 Å². The third-order valence-electron chi connectivity index (χ3n) is 4.27. The van der Waals surface area contributed by atoms with E-state index in [1.54, 1.807) is 6.08 Å². The summed E-state index contributed by atoms with van der Waals surface area (Å²) in [5.74, 6) is 0. The Morgan fingerprint density at radius 1 is 0.500 bits per heavy atom. The van der Waals surface area contributed by atoms with Crippen LogP contribution in [0.15, 0.2) is 122 Å². The smallest absolute Gasteiger partial charge is 0.0384 e. The van der Waals surface area contributed by atoms with E-state index >= 15 is 0 Å². The first-order chi connectivity index (χ1) is 13.8. The zero-order valence-electron chi connectivity index (χ0n) is 16.2. The molecule has 0 aliphatic carbocycles. The third kappa shape index (κ3) is 5.21. The highest BCUT2D eigenvalue weighted by Gasteiger charge is 2.00. The Bertz CT molecular complexity index is 889. The summed E-state index contributed by atoms with van der Waals surface area (Å²) in [4.78, 5) is 0. The van der Waals surface area contributed by atoms with Crippen LogP contribution >= 0.6 is 0 Å². The molecule has 1 N–H and O–H groups in total. The van der Waals surface area contributed by atoms with Crippen LogP contribution in [0.5, 0.6) is 0 Å². The summed E-state index contributed by atoms with van der Waals surface area (Å²) in [6.45, 7) is 5.25. The molecule has 4 aromatic carbocycles. The molecule has 4 aromatic rings. The lowest BCUT2D eigenvalue weighted by Gasteiger charge is -2.09. The number of allylic oxidation sites excluding steroid dienone is 1. The fourth-order valence-corrected chi connectivity index (χ4v) is 2.92. The Balaban J connectivity index is 0.000000706. The van der Waals surface area contributed by atoms with E-state index in [0.29, 0.717) is 0 Å². The van der Waals surface area contributed by atoms with Gasteiger partial charge in [0.05, 0.1) is 0 Å². The van der Waals surface area contributed by atoms with Crippen LogP contribution in [0.3, 0.4) is 0 Å².